The fourth-order valence-electron chi connectivity index (χ4n) is 1.56. The van der Waals surface area contributed by atoms with Crippen LogP contribution < -0.4 is 5.32 Å². The molecule has 1 amide bonds. The summed E-state index contributed by atoms with van der Waals surface area (Å²) in [6.07, 6.45) is 0. The van der Waals surface area contributed by atoms with Crippen LogP contribution in [0.25, 0.3) is 0 Å². The fraction of sp³-hybridized carbons (Fsp3) is 0.133. The second kappa shape index (κ2) is 6.52. The Hall–Kier alpha value is -1.88. The van der Waals surface area contributed by atoms with Gasteiger partial charge in [-0.3, -0.25) is 4.79 Å². The van der Waals surface area contributed by atoms with Gasteiger partial charge in [-0.25, -0.2) is 8.78 Å². The van der Waals surface area contributed by atoms with E-state index >= 15 is 0 Å². The van der Waals surface area contributed by atoms with Crippen LogP contribution in [0, 0.1) is 11.6 Å². The highest BCUT2D eigenvalue weighted by atomic mass is 32.2. The summed E-state index contributed by atoms with van der Waals surface area (Å²) in [4.78, 5) is 12.4. The summed E-state index contributed by atoms with van der Waals surface area (Å²) < 4.78 is 26.2. The Balaban J connectivity index is 1.99. The van der Waals surface area contributed by atoms with E-state index in [9.17, 15) is 13.6 Å². The molecule has 2 nitrogen and oxygen atoms in total. The van der Waals surface area contributed by atoms with Crippen molar-refractivity contribution in [2.75, 3.05) is 5.32 Å². The van der Waals surface area contributed by atoms with Gasteiger partial charge in [0.05, 0.1) is 5.25 Å². The number of benzene rings is 2. The van der Waals surface area contributed by atoms with Crippen LogP contribution in [0.15, 0.2) is 53.4 Å². The van der Waals surface area contributed by atoms with E-state index in [4.69, 9.17) is 0 Å². The van der Waals surface area contributed by atoms with Gasteiger partial charge in [0, 0.05) is 10.6 Å². The summed E-state index contributed by atoms with van der Waals surface area (Å²) in [6, 6.07) is 11.8. The number of rotatable bonds is 4. The van der Waals surface area contributed by atoms with Gasteiger partial charge in [0.1, 0.15) is 11.6 Å². The molecule has 2 aromatic rings. The van der Waals surface area contributed by atoms with Crippen molar-refractivity contribution >= 4 is 23.4 Å². The predicted molar refractivity (Wildman–Crippen MR) is 76.7 cm³/mol. The van der Waals surface area contributed by atoms with Crippen molar-refractivity contribution in [2.45, 2.75) is 17.1 Å². The molecule has 0 bridgehead atoms. The Labute approximate surface area is 120 Å². The van der Waals surface area contributed by atoms with E-state index in [-0.39, 0.29) is 17.5 Å². The van der Waals surface area contributed by atoms with E-state index in [1.165, 1.54) is 30.3 Å². The first-order valence-electron chi connectivity index (χ1n) is 6.04. The minimum absolute atomic E-state index is 0.259. The molecule has 0 radical (unpaired) electrons. The van der Waals surface area contributed by atoms with Crippen LogP contribution in [0.1, 0.15) is 6.92 Å². The molecule has 0 aliphatic carbocycles. The number of hydrogen-bond acceptors (Lipinski definition) is 2. The van der Waals surface area contributed by atoms with Gasteiger partial charge >= 0.3 is 0 Å². The topological polar surface area (TPSA) is 29.1 Å². The Morgan fingerprint density at radius 2 is 1.75 bits per heavy atom. The fourth-order valence-corrected chi connectivity index (χ4v) is 2.45. The minimum Gasteiger partial charge on any atom is -0.325 e. The molecule has 1 atom stereocenters. The Kier molecular flexibility index (Phi) is 4.74. The van der Waals surface area contributed by atoms with Crippen LogP contribution in [-0.4, -0.2) is 11.2 Å². The molecule has 0 saturated heterocycles. The summed E-state index contributed by atoms with van der Waals surface area (Å²) in [5.74, 6) is -0.972. The van der Waals surface area contributed by atoms with E-state index in [0.29, 0.717) is 10.6 Å². The van der Waals surface area contributed by atoms with Gasteiger partial charge < -0.3 is 5.32 Å². The summed E-state index contributed by atoms with van der Waals surface area (Å²) in [6.45, 7) is 1.69. The lowest BCUT2D eigenvalue weighted by molar-refractivity contribution is -0.115. The molecule has 0 aliphatic rings. The summed E-state index contributed by atoms with van der Waals surface area (Å²) >= 11 is 1.14. The molecule has 1 N–H and O–H groups in total. The van der Waals surface area contributed by atoms with E-state index in [2.05, 4.69) is 5.32 Å². The SMILES string of the molecule is C[C@@H](Sc1ccccc1F)C(=O)Nc1ccc(F)cc1. The van der Waals surface area contributed by atoms with Gasteiger partial charge in [0.2, 0.25) is 5.91 Å². The van der Waals surface area contributed by atoms with Crippen molar-refractivity contribution in [3.8, 4) is 0 Å². The first-order chi connectivity index (χ1) is 9.56. The maximum atomic E-state index is 13.5. The molecule has 0 heterocycles. The van der Waals surface area contributed by atoms with Crippen LogP contribution in [0.3, 0.4) is 0 Å². The Morgan fingerprint density at radius 1 is 1.10 bits per heavy atom. The molecule has 0 fully saturated rings. The highest BCUT2D eigenvalue weighted by Gasteiger charge is 2.16. The first kappa shape index (κ1) is 14.5. The third-order valence-corrected chi connectivity index (χ3v) is 3.77. The molecule has 0 aliphatic heterocycles. The summed E-state index contributed by atoms with van der Waals surface area (Å²) in [5.41, 5.74) is 0.511. The molecule has 2 rings (SSSR count). The smallest absolute Gasteiger partial charge is 0.237 e. The largest absolute Gasteiger partial charge is 0.325 e. The molecule has 5 heteroatoms. The van der Waals surface area contributed by atoms with Crippen LogP contribution in [0.4, 0.5) is 14.5 Å². The summed E-state index contributed by atoms with van der Waals surface area (Å²) in [5, 5.41) is 2.20. The average molecular weight is 293 g/mol. The van der Waals surface area contributed by atoms with Crippen molar-refractivity contribution in [3.63, 3.8) is 0 Å². The molecular weight excluding hydrogens is 280 g/mol. The molecule has 104 valence electrons. The van der Waals surface area contributed by atoms with Crippen LogP contribution in [0.5, 0.6) is 0 Å². The van der Waals surface area contributed by atoms with Gasteiger partial charge in [0.25, 0.3) is 0 Å². The van der Waals surface area contributed by atoms with Crippen LogP contribution in [0.2, 0.25) is 0 Å². The molecule has 0 spiro atoms. The number of hydrogen-bond donors (Lipinski definition) is 1. The summed E-state index contributed by atoms with van der Waals surface area (Å²) in [7, 11) is 0. The monoisotopic (exact) mass is 293 g/mol. The lowest BCUT2D eigenvalue weighted by Crippen LogP contribution is -2.22. The molecule has 2 aromatic carbocycles. The number of carbonyl (C=O) groups excluding carboxylic acids is 1. The average Bonchev–Trinajstić information content (AvgIpc) is 2.44. The zero-order chi connectivity index (χ0) is 14.5. The third kappa shape index (κ3) is 3.81. The normalized spacial score (nSPS) is 11.9. The molecule has 20 heavy (non-hydrogen) atoms. The lowest BCUT2D eigenvalue weighted by atomic mass is 10.3. The number of carbonyl (C=O) groups is 1. The highest BCUT2D eigenvalue weighted by molar-refractivity contribution is 8.00. The first-order valence-corrected chi connectivity index (χ1v) is 6.92. The van der Waals surface area contributed by atoms with E-state index in [1.54, 1.807) is 25.1 Å². The Morgan fingerprint density at radius 3 is 2.40 bits per heavy atom. The predicted octanol–water partition coefficient (Wildman–Crippen LogP) is 4.08. The second-order valence-electron chi connectivity index (χ2n) is 4.19. The molecule has 0 aromatic heterocycles. The van der Waals surface area contributed by atoms with Gasteiger partial charge in [-0.05, 0) is 43.3 Å². The minimum atomic E-state index is -0.461. The van der Waals surface area contributed by atoms with Gasteiger partial charge in [-0.1, -0.05) is 12.1 Å². The van der Waals surface area contributed by atoms with Crippen LogP contribution >= 0.6 is 11.8 Å². The quantitative estimate of drug-likeness (QED) is 0.860. The number of anilines is 1. The van der Waals surface area contributed by atoms with Crippen molar-refractivity contribution < 1.29 is 13.6 Å². The van der Waals surface area contributed by atoms with Gasteiger partial charge in [-0.15, -0.1) is 11.8 Å². The number of thioether (sulfide) groups is 1. The number of halogens is 2. The molecule has 0 unspecified atom stereocenters. The van der Waals surface area contributed by atoms with E-state index < -0.39 is 5.25 Å². The van der Waals surface area contributed by atoms with Crippen molar-refractivity contribution in [1.82, 2.24) is 0 Å². The van der Waals surface area contributed by atoms with Crippen LogP contribution in [-0.2, 0) is 4.79 Å². The van der Waals surface area contributed by atoms with Crippen molar-refractivity contribution in [3.05, 3.63) is 60.2 Å². The van der Waals surface area contributed by atoms with Crippen molar-refractivity contribution in [1.29, 1.82) is 0 Å². The molecule has 0 saturated carbocycles. The lowest BCUT2D eigenvalue weighted by Gasteiger charge is -2.12. The van der Waals surface area contributed by atoms with Gasteiger partial charge in [-0.2, -0.15) is 0 Å². The Bertz CT molecular complexity index is 601. The number of nitrogens with one attached hydrogen (secondary N) is 1. The standard InChI is InChI=1S/C15H13F2NOS/c1-10(20-14-5-3-2-4-13(14)17)15(19)18-12-8-6-11(16)7-9-12/h2-10H,1H3,(H,18,19)/t10-/m1/s1. The van der Waals surface area contributed by atoms with Crippen molar-refractivity contribution in [2.24, 2.45) is 0 Å². The number of amides is 1. The zero-order valence-electron chi connectivity index (χ0n) is 10.8. The van der Waals surface area contributed by atoms with E-state index in [0.717, 1.165) is 11.8 Å². The zero-order valence-corrected chi connectivity index (χ0v) is 11.6. The van der Waals surface area contributed by atoms with E-state index in [1.807, 2.05) is 0 Å². The second-order valence-corrected chi connectivity index (χ2v) is 5.57. The molecular formula is C15H13F2NOS. The third-order valence-electron chi connectivity index (χ3n) is 2.62. The maximum Gasteiger partial charge on any atom is 0.237 e. The maximum absolute atomic E-state index is 13.5. The highest BCUT2D eigenvalue weighted by Crippen LogP contribution is 2.26. The van der Waals surface area contributed by atoms with Gasteiger partial charge in [0.15, 0.2) is 0 Å².